The van der Waals surface area contributed by atoms with E-state index in [0.717, 1.165) is 56.1 Å². The third kappa shape index (κ3) is 5.38. The molecule has 0 atom stereocenters. The van der Waals surface area contributed by atoms with Gasteiger partial charge in [0.1, 0.15) is 17.1 Å². The first kappa shape index (κ1) is 33.8. The van der Waals surface area contributed by atoms with Gasteiger partial charge in [0, 0.05) is 51.9 Å². The molecular formula is C52H36N4OSi. The second-order valence-corrected chi connectivity index (χ2v) is 18.3. The minimum absolute atomic E-state index is 0.737. The van der Waals surface area contributed by atoms with Crippen molar-refractivity contribution >= 4 is 67.8 Å². The van der Waals surface area contributed by atoms with E-state index in [2.05, 4.69) is 172 Å². The second-order valence-electron chi connectivity index (χ2n) is 14.6. The van der Waals surface area contributed by atoms with E-state index in [0.29, 0.717) is 0 Å². The van der Waals surface area contributed by atoms with Crippen LogP contribution in [-0.2, 0) is 0 Å². The highest BCUT2D eigenvalue weighted by molar-refractivity contribution is 7.21. The minimum Gasteiger partial charge on any atom is -0.457 e. The number of ether oxygens (including phenoxy) is 1. The fourth-order valence-corrected chi connectivity index (χ4v) is 14.1. The number of aromatic nitrogens is 3. The Labute approximate surface area is 337 Å². The van der Waals surface area contributed by atoms with Gasteiger partial charge in [-0.1, -0.05) is 121 Å². The van der Waals surface area contributed by atoms with Gasteiger partial charge in [-0.05, 0) is 99.6 Å². The van der Waals surface area contributed by atoms with Crippen molar-refractivity contribution in [2.45, 2.75) is 0 Å². The number of hydrogen-bond donors (Lipinski definition) is 0. The number of hydrogen-bond acceptors (Lipinski definition) is 4. The van der Waals surface area contributed by atoms with Gasteiger partial charge in [0.15, 0.2) is 8.07 Å². The quantitative estimate of drug-likeness (QED) is 0.152. The maximum Gasteiger partial charge on any atom is 0.184 e. The summed E-state index contributed by atoms with van der Waals surface area (Å²) < 4.78 is 8.89. The van der Waals surface area contributed by atoms with Gasteiger partial charge in [0.2, 0.25) is 0 Å². The van der Waals surface area contributed by atoms with Crippen molar-refractivity contribution in [3.05, 3.63) is 219 Å². The van der Waals surface area contributed by atoms with E-state index in [4.69, 9.17) is 9.72 Å². The zero-order chi connectivity index (χ0) is 38.5. The third-order valence-electron chi connectivity index (χ3n) is 11.4. The summed E-state index contributed by atoms with van der Waals surface area (Å²) in [4.78, 5) is 12.1. The van der Waals surface area contributed by atoms with Crippen LogP contribution in [0.3, 0.4) is 0 Å². The molecule has 0 saturated heterocycles. The molecule has 0 N–H and O–H groups in total. The highest BCUT2D eigenvalue weighted by Crippen LogP contribution is 2.42. The highest BCUT2D eigenvalue weighted by atomic mass is 28.3. The number of pyridine rings is 2. The molecule has 0 radical (unpaired) electrons. The molecular weight excluding hydrogens is 725 g/mol. The van der Waals surface area contributed by atoms with E-state index in [9.17, 15) is 0 Å². The number of rotatable bonds is 7. The van der Waals surface area contributed by atoms with Crippen LogP contribution in [0.2, 0.25) is 0 Å². The van der Waals surface area contributed by atoms with E-state index in [1.54, 1.807) is 0 Å². The average Bonchev–Trinajstić information content (AvgIpc) is 3.62. The molecule has 0 saturated carbocycles. The summed E-state index contributed by atoms with van der Waals surface area (Å²) in [7, 11) is -2.94. The molecule has 5 nitrogen and oxygen atoms in total. The van der Waals surface area contributed by atoms with Crippen LogP contribution in [0.5, 0.6) is 11.5 Å². The maximum absolute atomic E-state index is 6.58. The molecule has 274 valence electrons. The molecule has 7 aromatic carbocycles. The van der Waals surface area contributed by atoms with E-state index in [1.165, 1.54) is 32.1 Å². The molecule has 0 amide bonds. The molecule has 4 heterocycles. The molecule has 10 aromatic rings. The molecule has 1 aliphatic heterocycles. The molecule has 3 aromatic heterocycles. The van der Waals surface area contributed by atoms with Gasteiger partial charge in [0.05, 0.1) is 16.9 Å². The lowest BCUT2D eigenvalue weighted by Crippen LogP contribution is -2.77. The number of anilines is 3. The Morgan fingerprint density at radius 2 is 1.09 bits per heavy atom. The van der Waals surface area contributed by atoms with E-state index >= 15 is 0 Å². The van der Waals surface area contributed by atoms with Gasteiger partial charge < -0.3 is 9.64 Å². The summed E-state index contributed by atoms with van der Waals surface area (Å²) in [6.07, 6.45) is 3.70. The lowest BCUT2D eigenvalue weighted by Gasteiger charge is -2.45. The van der Waals surface area contributed by atoms with Crippen LogP contribution in [0, 0.1) is 0 Å². The maximum atomic E-state index is 6.58. The van der Waals surface area contributed by atoms with Crippen molar-refractivity contribution in [3.63, 3.8) is 0 Å². The predicted molar refractivity (Wildman–Crippen MR) is 240 cm³/mol. The first-order chi connectivity index (χ1) is 28.8. The number of para-hydroxylation sites is 2. The molecule has 0 bridgehead atoms. The smallest absolute Gasteiger partial charge is 0.184 e. The van der Waals surface area contributed by atoms with Crippen LogP contribution in [-0.4, -0.2) is 22.6 Å². The van der Waals surface area contributed by atoms with Crippen molar-refractivity contribution in [2.75, 3.05) is 4.90 Å². The van der Waals surface area contributed by atoms with Crippen LogP contribution >= 0.6 is 0 Å². The zero-order valence-electron chi connectivity index (χ0n) is 31.5. The topological polar surface area (TPSA) is 43.2 Å². The van der Waals surface area contributed by atoms with Crippen LogP contribution in [0.25, 0.3) is 38.9 Å². The lowest BCUT2D eigenvalue weighted by molar-refractivity contribution is 0.482. The van der Waals surface area contributed by atoms with Crippen molar-refractivity contribution in [1.29, 1.82) is 0 Å². The first-order valence-corrected chi connectivity index (χ1v) is 21.6. The van der Waals surface area contributed by atoms with Gasteiger partial charge >= 0.3 is 0 Å². The largest absolute Gasteiger partial charge is 0.457 e. The molecule has 0 aliphatic carbocycles. The Balaban J connectivity index is 1.18. The molecule has 0 fully saturated rings. The molecule has 58 heavy (non-hydrogen) atoms. The Kier molecular flexibility index (Phi) is 8.08. The monoisotopic (exact) mass is 760 g/mol. The number of benzene rings is 7. The van der Waals surface area contributed by atoms with Crippen molar-refractivity contribution in [2.24, 2.45) is 0 Å². The molecule has 11 rings (SSSR count). The van der Waals surface area contributed by atoms with Crippen molar-refractivity contribution < 1.29 is 4.74 Å². The van der Waals surface area contributed by atoms with E-state index in [1.807, 2.05) is 60.9 Å². The summed E-state index contributed by atoms with van der Waals surface area (Å²) >= 11 is 0. The fraction of sp³-hybridized carbons (Fsp3) is 0. The number of nitrogens with zero attached hydrogens (tertiary/aromatic N) is 4. The molecule has 0 unspecified atom stereocenters. The third-order valence-corrected chi connectivity index (χ3v) is 16.2. The minimum atomic E-state index is -2.94. The molecule has 1 aliphatic rings. The van der Waals surface area contributed by atoms with Gasteiger partial charge in [-0.15, -0.1) is 0 Å². The van der Waals surface area contributed by atoms with Gasteiger partial charge in [-0.25, -0.2) is 4.98 Å². The Bertz CT molecular complexity index is 3060. The lowest BCUT2D eigenvalue weighted by atomic mass is 10.1. The Morgan fingerprint density at radius 1 is 0.431 bits per heavy atom. The fourth-order valence-electron chi connectivity index (χ4n) is 8.98. The summed E-state index contributed by atoms with van der Waals surface area (Å²) in [5.74, 6) is 1.48. The zero-order valence-corrected chi connectivity index (χ0v) is 32.5. The van der Waals surface area contributed by atoms with Gasteiger partial charge in [-0.2, -0.15) is 0 Å². The summed E-state index contributed by atoms with van der Waals surface area (Å²) in [5.41, 5.74) is 8.38. The highest BCUT2D eigenvalue weighted by Gasteiger charge is 2.49. The van der Waals surface area contributed by atoms with Crippen molar-refractivity contribution in [1.82, 2.24) is 14.5 Å². The SMILES string of the molecule is c1ccc(N2c3ccccc3[Si](c3ccccc3)(c3ccccc3)c3cc4c(cc32)c2cccnc2n4-c2cccc(Oc3cccc(-c4ccccn4)c3)c2)cc1. The molecule has 6 heteroatoms. The van der Waals surface area contributed by atoms with Crippen LogP contribution in [0.1, 0.15) is 0 Å². The van der Waals surface area contributed by atoms with Gasteiger partial charge in [0.25, 0.3) is 0 Å². The van der Waals surface area contributed by atoms with Crippen LogP contribution < -0.4 is 30.4 Å². The van der Waals surface area contributed by atoms with Crippen LogP contribution in [0.4, 0.5) is 17.1 Å². The number of fused-ring (bicyclic) bond motifs is 5. The Hall–Kier alpha value is -7.54. The van der Waals surface area contributed by atoms with Crippen LogP contribution in [0.15, 0.2) is 219 Å². The summed E-state index contributed by atoms with van der Waals surface area (Å²) in [6, 6.07) is 73.7. The van der Waals surface area contributed by atoms with E-state index in [-0.39, 0.29) is 0 Å². The normalized spacial score (nSPS) is 12.9. The Morgan fingerprint density at radius 3 is 1.84 bits per heavy atom. The summed E-state index contributed by atoms with van der Waals surface area (Å²) in [6.45, 7) is 0. The van der Waals surface area contributed by atoms with Crippen molar-refractivity contribution in [3.8, 4) is 28.4 Å². The first-order valence-electron chi connectivity index (χ1n) is 19.6. The second kappa shape index (κ2) is 13.9. The predicted octanol–water partition coefficient (Wildman–Crippen LogP) is 10.2. The standard InChI is InChI=1S/C52H36N4OSi/c1-4-18-38(19-5-1)55-47-29-10-11-30-50(47)58(42-23-6-2-7-24-42,43-25-8-3-9-26-43)51-36-48-45(35-49(51)55)44-27-16-32-54-52(44)56(48)39-20-15-22-41(34-39)57-40-21-14-17-37(33-40)46-28-12-13-31-53-46/h1-36H. The average molecular weight is 761 g/mol. The van der Waals surface area contributed by atoms with Gasteiger partial charge in [-0.3, -0.25) is 9.55 Å². The van der Waals surface area contributed by atoms with E-state index < -0.39 is 8.07 Å². The summed E-state index contributed by atoms with van der Waals surface area (Å²) in [5, 5.41) is 7.58. The molecule has 0 spiro atoms.